The van der Waals surface area contributed by atoms with Gasteiger partial charge < -0.3 is 9.15 Å². The zero-order valence-corrected chi connectivity index (χ0v) is 15.6. The highest BCUT2D eigenvalue weighted by atomic mass is 32.2. The summed E-state index contributed by atoms with van der Waals surface area (Å²) >= 11 is 1.60. The molecule has 7 heteroatoms. The van der Waals surface area contributed by atoms with E-state index in [2.05, 4.69) is 4.72 Å². The first kappa shape index (κ1) is 17.7. The van der Waals surface area contributed by atoms with Crippen LogP contribution in [0.1, 0.15) is 10.4 Å². The van der Waals surface area contributed by atoms with Gasteiger partial charge in [0.2, 0.25) is 10.0 Å². The molecule has 0 aliphatic heterocycles. The van der Waals surface area contributed by atoms with Crippen molar-refractivity contribution in [1.29, 1.82) is 0 Å². The minimum Gasteiger partial charge on any atom is -0.496 e. The van der Waals surface area contributed by atoms with E-state index in [-0.39, 0.29) is 4.90 Å². The van der Waals surface area contributed by atoms with Crippen molar-refractivity contribution in [3.8, 4) is 16.4 Å². The van der Waals surface area contributed by atoms with Crippen LogP contribution in [0.5, 0.6) is 5.75 Å². The number of thiophene rings is 1. The molecule has 2 heterocycles. The molecule has 1 N–H and O–H groups in total. The summed E-state index contributed by atoms with van der Waals surface area (Å²) in [6.07, 6.45) is 2.26. The van der Waals surface area contributed by atoms with Crippen molar-refractivity contribution in [2.45, 2.75) is 18.2 Å². The molecule has 0 bridgehead atoms. The molecule has 2 aromatic heterocycles. The monoisotopic (exact) mass is 377 g/mol. The fourth-order valence-electron chi connectivity index (χ4n) is 2.47. The van der Waals surface area contributed by atoms with Crippen LogP contribution < -0.4 is 9.46 Å². The summed E-state index contributed by atoms with van der Waals surface area (Å²) < 4.78 is 38.0. The lowest BCUT2D eigenvalue weighted by atomic mass is 10.2. The van der Waals surface area contributed by atoms with Crippen molar-refractivity contribution in [3.63, 3.8) is 0 Å². The summed E-state index contributed by atoms with van der Waals surface area (Å²) in [6.45, 7) is 2.16. The molecule has 0 amide bonds. The standard InChI is InChI=1S/C18H19NO4S2/c1-13-12-15(6-7-16(13)22-2)25(20,21)19-10-9-14-5-8-18(24-14)17-4-3-11-23-17/h3-8,11-12,19H,9-10H2,1-2H3. The number of methoxy groups -OCH3 is 1. The lowest BCUT2D eigenvalue weighted by Crippen LogP contribution is -2.25. The summed E-state index contributed by atoms with van der Waals surface area (Å²) in [5, 5.41) is 0. The van der Waals surface area contributed by atoms with E-state index in [1.54, 1.807) is 42.9 Å². The van der Waals surface area contributed by atoms with Crippen LogP contribution in [0.15, 0.2) is 58.0 Å². The molecule has 0 spiro atoms. The van der Waals surface area contributed by atoms with Gasteiger partial charge in [0.15, 0.2) is 0 Å². The second-order valence-corrected chi connectivity index (χ2v) is 8.46. The number of furan rings is 1. The normalized spacial score (nSPS) is 11.6. The van der Waals surface area contributed by atoms with Crippen molar-refractivity contribution in [2.75, 3.05) is 13.7 Å². The van der Waals surface area contributed by atoms with Crippen LogP contribution in [-0.4, -0.2) is 22.1 Å². The predicted octanol–water partition coefficient (Wildman–Crippen LogP) is 3.85. The molecule has 5 nitrogen and oxygen atoms in total. The fourth-order valence-corrected chi connectivity index (χ4v) is 4.57. The molecule has 3 aromatic rings. The topological polar surface area (TPSA) is 68.5 Å². The third kappa shape index (κ3) is 4.12. The highest BCUT2D eigenvalue weighted by Crippen LogP contribution is 2.28. The summed E-state index contributed by atoms with van der Waals surface area (Å²) in [5.41, 5.74) is 0.784. The second kappa shape index (κ2) is 7.43. The molecule has 0 aliphatic rings. The Labute approximate surface area is 151 Å². The third-order valence-corrected chi connectivity index (χ3v) is 6.38. The Balaban J connectivity index is 1.62. The van der Waals surface area contributed by atoms with Gasteiger partial charge in [0.05, 0.1) is 23.1 Å². The first-order valence-electron chi connectivity index (χ1n) is 7.76. The van der Waals surface area contributed by atoms with Gasteiger partial charge in [-0.1, -0.05) is 0 Å². The first-order valence-corrected chi connectivity index (χ1v) is 10.1. The largest absolute Gasteiger partial charge is 0.496 e. The molecule has 0 fully saturated rings. The van der Waals surface area contributed by atoms with E-state index in [9.17, 15) is 8.42 Å². The van der Waals surface area contributed by atoms with Crippen molar-refractivity contribution in [1.82, 2.24) is 4.72 Å². The summed E-state index contributed by atoms with van der Waals surface area (Å²) in [5.74, 6) is 1.49. The number of ether oxygens (including phenoxy) is 1. The van der Waals surface area contributed by atoms with Gasteiger partial charge in [-0.2, -0.15) is 0 Å². The molecule has 132 valence electrons. The zero-order valence-electron chi connectivity index (χ0n) is 14.0. The van der Waals surface area contributed by atoms with Crippen LogP contribution in [0.3, 0.4) is 0 Å². The van der Waals surface area contributed by atoms with Crippen molar-refractivity contribution < 1.29 is 17.6 Å². The van der Waals surface area contributed by atoms with Gasteiger partial charge >= 0.3 is 0 Å². The molecule has 0 atom stereocenters. The second-order valence-electron chi connectivity index (χ2n) is 5.52. The van der Waals surface area contributed by atoms with E-state index >= 15 is 0 Å². The van der Waals surface area contributed by atoms with Crippen molar-refractivity contribution >= 4 is 21.4 Å². The molecular formula is C18H19NO4S2. The van der Waals surface area contributed by atoms with Gasteiger partial charge in [-0.25, -0.2) is 13.1 Å². The van der Waals surface area contributed by atoms with Crippen LogP contribution >= 0.6 is 11.3 Å². The predicted molar refractivity (Wildman–Crippen MR) is 98.6 cm³/mol. The van der Waals surface area contributed by atoms with Crippen molar-refractivity contribution in [3.05, 3.63) is 59.2 Å². The van der Waals surface area contributed by atoms with E-state index in [4.69, 9.17) is 9.15 Å². The average molecular weight is 377 g/mol. The van der Waals surface area contributed by atoms with Gasteiger partial charge in [0.25, 0.3) is 0 Å². The Kier molecular flexibility index (Phi) is 5.27. The SMILES string of the molecule is COc1ccc(S(=O)(=O)NCCc2ccc(-c3ccco3)s2)cc1C. The molecule has 0 saturated heterocycles. The minimum atomic E-state index is -3.53. The Bertz CT molecular complexity index is 943. The quantitative estimate of drug-likeness (QED) is 0.679. The molecule has 0 aliphatic carbocycles. The molecule has 25 heavy (non-hydrogen) atoms. The lowest BCUT2D eigenvalue weighted by Gasteiger charge is -2.09. The number of hydrogen-bond acceptors (Lipinski definition) is 5. The van der Waals surface area contributed by atoms with E-state index < -0.39 is 10.0 Å². The lowest BCUT2D eigenvalue weighted by molar-refractivity contribution is 0.411. The Hall–Kier alpha value is -2.09. The third-order valence-electron chi connectivity index (χ3n) is 3.77. The van der Waals surface area contributed by atoms with Gasteiger partial charge in [0, 0.05) is 11.4 Å². The van der Waals surface area contributed by atoms with Gasteiger partial charge in [-0.3, -0.25) is 0 Å². The van der Waals surface area contributed by atoms with E-state index in [0.29, 0.717) is 18.7 Å². The van der Waals surface area contributed by atoms with Crippen LogP contribution in [-0.2, 0) is 16.4 Å². The Morgan fingerprint density at radius 3 is 2.72 bits per heavy atom. The smallest absolute Gasteiger partial charge is 0.240 e. The molecule has 0 radical (unpaired) electrons. The molecule has 1 aromatic carbocycles. The molecule has 3 rings (SSSR count). The fraction of sp³-hybridized carbons (Fsp3) is 0.222. The van der Waals surface area contributed by atoms with Crippen LogP contribution in [0.25, 0.3) is 10.6 Å². The molecule has 0 saturated carbocycles. The number of benzene rings is 1. The summed E-state index contributed by atoms with van der Waals surface area (Å²) in [7, 11) is -1.97. The summed E-state index contributed by atoms with van der Waals surface area (Å²) in [6, 6.07) is 12.6. The van der Waals surface area contributed by atoms with Gasteiger partial charge in [-0.15, -0.1) is 11.3 Å². The summed E-state index contributed by atoms with van der Waals surface area (Å²) in [4.78, 5) is 2.38. The number of hydrogen-bond donors (Lipinski definition) is 1. The number of rotatable bonds is 7. The Morgan fingerprint density at radius 2 is 2.04 bits per heavy atom. The minimum absolute atomic E-state index is 0.244. The first-order chi connectivity index (χ1) is 12.0. The van der Waals surface area contributed by atoms with E-state index in [1.165, 1.54) is 0 Å². The number of sulfonamides is 1. The molecule has 0 unspecified atom stereocenters. The highest BCUT2D eigenvalue weighted by molar-refractivity contribution is 7.89. The zero-order chi connectivity index (χ0) is 17.9. The van der Waals surface area contributed by atoms with Crippen molar-refractivity contribution in [2.24, 2.45) is 0 Å². The number of aryl methyl sites for hydroxylation is 1. The van der Waals surface area contributed by atoms with E-state index in [1.807, 2.05) is 31.2 Å². The maximum absolute atomic E-state index is 12.4. The van der Waals surface area contributed by atoms with E-state index in [0.717, 1.165) is 21.1 Å². The van der Waals surface area contributed by atoms with Crippen LogP contribution in [0, 0.1) is 6.92 Å². The average Bonchev–Trinajstić information content (AvgIpc) is 3.26. The molecular weight excluding hydrogens is 358 g/mol. The highest BCUT2D eigenvalue weighted by Gasteiger charge is 2.15. The van der Waals surface area contributed by atoms with Gasteiger partial charge in [-0.05, 0) is 61.4 Å². The van der Waals surface area contributed by atoms with Gasteiger partial charge in [0.1, 0.15) is 11.5 Å². The Morgan fingerprint density at radius 1 is 1.20 bits per heavy atom. The van der Waals surface area contributed by atoms with Crippen LogP contribution in [0.2, 0.25) is 0 Å². The van der Waals surface area contributed by atoms with Crippen LogP contribution in [0.4, 0.5) is 0 Å². The maximum atomic E-state index is 12.4. The maximum Gasteiger partial charge on any atom is 0.240 e. The number of nitrogens with one attached hydrogen (secondary N) is 1.